The second-order valence-corrected chi connectivity index (χ2v) is 15.9. The van der Waals surface area contributed by atoms with Crippen LogP contribution in [0.25, 0.3) is 0 Å². The number of allylic oxidation sites excluding steroid dienone is 28. The molecular formula is C60H88O6. The number of ether oxygens (including phenoxy) is 3. The molecule has 0 fully saturated rings. The Morgan fingerprint density at radius 3 is 1.05 bits per heavy atom. The van der Waals surface area contributed by atoms with E-state index in [1.54, 1.807) is 0 Å². The van der Waals surface area contributed by atoms with E-state index in [1.807, 2.05) is 109 Å². The van der Waals surface area contributed by atoms with E-state index in [4.69, 9.17) is 14.2 Å². The fraction of sp³-hybridized carbons (Fsp3) is 0.483. The summed E-state index contributed by atoms with van der Waals surface area (Å²) in [6, 6.07) is 0. The molecule has 6 nitrogen and oxygen atoms in total. The summed E-state index contributed by atoms with van der Waals surface area (Å²) < 4.78 is 16.7. The SMILES string of the molecule is CC/C=C/C=C/C=C/C=C/C=C/C=C/C=C/CCCCCC(=O)OCC(COC(=O)CCCCC/C=C/C=C/C=C/C=C/CC)OC(=O)CCCCCCCC/C=C/C/C=C/C/C=C/CC. The Labute approximate surface area is 402 Å². The van der Waals surface area contributed by atoms with E-state index >= 15 is 0 Å². The Hall–Kier alpha value is -5.23. The second kappa shape index (κ2) is 52.4. The predicted molar refractivity (Wildman–Crippen MR) is 283 cm³/mol. The average molecular weight is 905 g/mol. The maximum absolute atomic E-state index is 12.8. The van der Waals surface area contributed by atoms with Crippen LogP contribution in [0.5, 0.6) is 0 Å². The largest absolute Gasteiger partial charge is 0.462 e. The third kappa shape index (κ3) is 49.8. The first-order valence-electron chi connectivity index (χ1n) is 25.3. The van der Waals surface area contributed by atoms with Gasteiger partial charge in [-0.3, -0.25) is 14.4 Å². The number of carbonyl (C=O) groups excluding carboxylic acids is 3. The Balaban J connectivity index is 4.61. The van der Waals surface area contributed by atoms with Gasteiger partial charge >= 0.3 is 17.9 Å². The van der Waals surface area contributed by atoms with E-state index in [0.717, 1.165) is 109 Å². The number of hydrogen-bond acceptors (Lipinski definition) is 6. The van der Waals surface area contributed by atoms with Crippen molar-refractivity contribution in [2.45, 2.75) is 175 Å². The summed E-state index contributed by atoms with van der Waals surface area (Å²) in [5, 5.41) is 0. The molecule has 0 bridgehead atoms. The Kier molecular flexibility index (Phi) is 48.2. The van der Waals surface area contributed by atoms with Gasteiger partial charge in [0.15, 0.2) is 6.10 Å². The quantitative estimate of drug-likeness (QED) is 0.0200. The lowest BCUT2D eigenvalue weighted by atomic mass is 10.1. The predicted octanol–water partition coefficient (Wildman–Crippen LogP) is 16.8. The van der Waals surface area contributed by atoms with Gasteiger partial charge in [-0.1, -0.05) is 229 Å². The summed E-state index contributed by atoms with van der Waals surface area (Å²) in [6.07, 6.45) is 77.6. The summed E-state index contributed by atoms with van der Waals surface area (Å²) in [7, 11) is 0. The zero-order valence-electron chi connectivity index (χ0n) is 41.4. The molecule has 0 saturated carbocycles. The Morgan fingerprint density at radius 1 is 0.318 bits per heavy atom. The van der Waals surface area contributed by atoms with Crippen LogP contribution in [0.2, 0.25) is 0 Å². The van der Waals surface area contributed by atoms with Gasteiger partial charge in [0.1, 0.15) is 13.2 Å². The molecule has 0 heterocycles. The Morgan fingerprint density at radius 2 is 0.621 bits per heavy atom. The van der Waals surface area contributed by atoms with Crippen LogP contribution in [0.15, 0.2) is 170 Å². The first-order chi connectivity index (χ1) is 32.5. The number of unbranched alkanes of at least 4 members (excludes halogenated alkanes) is 12. The fourth-order valence-corrected chi connectivity index (χ4v) is 6.04. The van der Waals surface area contributed by atoms with E-state index in [0.29, 0.717) is 12.8 Å². The second-order valence-electron chi connectivity index (χ2n) is 15.9. The highest BCUT2D eigenvalue weighted by Crippen LogP contribution is 2.12. The maximum Gasteiger partial charge on any atom is 0.306 e. The summed E-state index contributed by atoms with van der Waals surface area (Å²) in [5.41, 5.74) is 0. The molecule has 0 aromatic heterocycles. The minimum atomic E-state index is -0.830. The molecule has 1 unspecified atom stereocenters. The van der Waals surface area contributed by atoms with Crippen molar-refractivity contribution >= 4 is 17.9 Å². The molecule has 0 aromatic carbocycles. The maximum atomic E-state index is 12.8. The van der Waals surface area contributed by atoms with Crippen molar-refractivity contribution in [1.82, 2.24) is 0 Å². The van der Waals surface area contributed by atoms with Gasteiger partial charge in [-0.25, -0.2) is 0 Å². The van der Waals surface area contributed by atoms with Crippen LogP contribution < -0.4 is 0 Å². The number of carbonyl (C=O) groups is 3. The molecular weight excluding hydrogens is 817 g/mol. The summed E-state index contributed by atoms with van der Waals surface area (Å²) in [5.74, 6) is -1.04. The molecule has 0 aliphatic carbocycles. The van der Waals surface area contributed by atoms with Crippen LogP contribution in [0, 0.1) is 0 Å². The van der Waals surface area contributed by atoms with Gasteiger partial charge in [-0.05, 0) is 89.9 Å². The summed E-state index contributed by atoms with van der Waals surface area (Å²) >= 11 is 0. The first-order valence-corrected chi connectivity index (χ1v) is 25.3. The van der Waals surface area contributed by atoms with Crippen molar-refractivity contribution in [1.29, 1.82) is 0 Å². The molecule has 66 heavy (non-hydrogen) atoms. The van der Waals surface area contributed by atoms with Crippen molar-refractivity contribution in [3.63, 3.8) is 0 Å². The van der Waals surface area contributed by atoms with Gasteiger partial charge in [0.2, 0.25) is 0 Å². The van der Waals surface area contributed by atoms with Crippen LogP contribution in [-0.2, 0) is 28.6 Å². The van der Waals surface area contributed by atoms with Crippen molar-refractivity contribution in [2.24, 2.45) is 0 Å². The fourth-order valence-electron chi connectivity index (χ4n) is 6.04. The first kappa shape index (κ1) is 60.8. The van der Waals surface area contributed by atoms with Gasteiger partial charge in [0.25, 0.3) is 0 Å². The number of rotatable bonds is 42. The van der Waals surface area contributed by atoms with E-state index < -0.39 is 6.10 Å². The van der Waals surface area contributed by atoms with Gasteiger partial charge in [-0.2, -0.15) is 0 Å². The van der Waals surface area contributed by atoms with Gasteiger partial charge in [0.05, 0.1) is 0 Å². The number of hydrogen-bond donors (Lipinski definition) is 0. The summed E-state index contributed by atoms with van der Waals surface area (Å²) in [6.45, 7) is 6.12. The lowest BCUT2D eigenvalue weighted by Crippen LogP contribution is -2.30. The molecule has 0 aliphatic rings. The van der Waals surface area contributed by atoms with Gasteiger partial charge in [0, 0.05) is 19.3 Å². The van der Waals surface area contributed by atoms with Crippen LogP contribution in [0.1, 0.15) is 168 Å². The van der Waals surface area contributed by atoms with E-state index in [9.17, 15) is 14.4 Å². The molecule has 0 saturated heterocycles. The van der Waals surface area contributed by atoms with E-state index in [2.05, 4.69) is 81.5 Å². The molecule has 0 radical (unpaired) electrons. The molecule has 0 aliphatic heterocycles. The van der Waals surface area contributed by atoms with Gasteiger partial charge < -0.3 is 14.2 Å². The van der Waals surface area contributed by atoms with Crippen LogP contribution in [0.3, 0.4) is 0 Å². The molecule has 0 spiro atoms. The molecule has 0 rings (SSSR count). The molecule has 364 valence electrons. The van der Waals surface area contributed by atoms with Crippen molar-refractivity contribution in [3.05, 3.63) is 170 Å². The molecule has 1 atom stereocenters. The van der Waals surface area contributed by atoms with Crippen LogP contribution in [0.4, 0.5) is 0 Å². The lowest BCUT2D eigenvalue weighted by molar-refractivity contribution is -0.167. The smallest absolute Gasteiger partial charge is 0.306 e. The monoisotopic (exact) mass is 905 g/mol. The third-order valence-corrected chi connectivity index (χ3v) is 9.74. The van der Waals surface area contributed by atoms with Crippen molar-refractivity contribution < 1.29 is 28.6 Å². The normalized spacial score (nSPS) is 13.6. The lowest BCUT2D eigenvalue weighted by Gasteiger charge is -2.18. The highest BCUT2D eigenvalue weighted by molar-refractivity contribution is 5.71. The van der Waals surface area contributed by atoms with Crippen molar-refractivity contribution in [3.8, 4) is 0 Å². The molecule has 6 heteroatoms. The van der Waals surface area contributed by atoms with Crippen molar-refractivity contribution in [2.75, 3.05) is 13.2 Å². The number of esters is 3. The van der Waals surface area contributed by atoms with Crippen LogP contribution in [-0.4, -0.2) is 37.2 Å². The topological polar surface area (TPSA) is 78.9 Å². The molecule has 0 N–H and O–H groups in total. The third-order valence-electron chi connectivity index (χ3n) is 9.74. The van der Waals surface area contributed by atoms with E-state index in [-0.39, 0.29) is 44.0 Å². The van der Waals surface area contributed by atoms with E-state index in [1.165, 1.54) is 12.8 Å². The highest BCUT2D eigenvalue weighted by Gasteiger charge is 2.19. The molecule has 0 amide bonds. The zero-order valence-corrected chi connectivity index (χ0v) is 41.4. The van der Waals surface area contributed by atoms with Gasteiger partial charge in [-0.15, -0.1) is 0 Å². The average Bonchev–Trinajstić information content (AvgIpc) is 3.31. The zero-order chi connectivity index (χ0) is 47.9. The van der Waals surface area contributed by atoms with Crippen LogP contribution >= 0.6 is 0 Å². The highest BCUT2D eigenvalue weighted by atomic mass is 16.6. The summed E-state index contributed by atoms with van der Waals surface area (Å²) in [4.78, 5) is 38.0. The standard InChI is InChI=1S/C60H88O6/c1-4-7-10-13-16-19-22-25-27-29-30-31-33-35-38-41-44-47-50-53-59(62)65-56-57(55-64-58(61)52-49-46-43-40-37-34-24-21-18-15-12-9-6-3)66-60(63)54-51-48-45-42-39-36-32-28-26-23-20-17-14-11-8-5-2/h7-13,15-22,24-31,33-35,37-38,57H,4-6,14,23,32,36,39-56H2,1-3H3/b10-7+,11-8+,12-9+,16-13+,18-15+,20-17+,22-19+,24-21+,27-25+,28-26+,30-29+,33-31+,37-34+,38-35+. The minimum absolute atomic E-state index is 0.128. The molecule has 0 aromatic rings. The minimum Gasteiger partial charge on any atom is -0.462 e. The Bertz CT molecular complexity index is 1600.